The number of thiophene rings is 1. The first kappa shape index (κ1) is 18.4. The van der Waals surface area contributed by atoms with Crippen molar-refractivity contribution >= 4 is 33.1 Å². The molecule has 2 aliphatic rings. The molecule has 1 aliphatic carbocycles. The number of hydrogen-bond acceptors (Lipinski definition) is 6. The number of amides is 1. The van der Waals surface area contributed by atoms with Crippen molar-refractivity contribution in [1.82, 2.24) is 5.32 Å². The van der Waals surface area contributed by atoms with Crippen molar-refractivity contribution in [3.8, 4) is 0 Å². The van der Waals surface area contributed by atoms with Gasteiger partial charge in [0.05, 0.1) is 11.5 Å². The smallest absolute Gasteiger partial charge is 0.348 e. The van der Waals surface area contributed by atoms with Crippen molar-refractivity contribution in [3.63, 3.8) is 0 Å². The summed E-state index contributed by atoms with van der Waals surface area (Å²) >= 11 is 1.45. The average Bonchev–Trinajstić information content (AvgIpc) is 3.14. The lowest BCUT2D eigenvalue weighted by molar-refractivity contribution is -0.124. The summed E-state index contributed by atoms with van der Waals surface area (Å²) in [6.07, 6.45) is 4.73. The molecule has 1 N–H and O–H groups in total. The lowest BCUT2D eigenvalue weighted by atomic mass is 9.87. The van der Waals surface area contributed by atoms with Gasteiger partial charge in [0, 0.05) is 10.9 Å². The molecule has 0 spiro atoms. The van der Waals surface area contributed by atoms with Gasteiger partial charge in [0.2, 0.25) is 0 Å². The first-order valence-electron chi connectivity index (χ1n) is 8.65. The molecule has 0 radical (unpaired) electrons. The number of hydrogen-bond donors (Lipinski definition) is 1. The fraction of sp³-hybridized carbons (Fsp3) is 0.647. The van der Waals surface area contributed by atoms with Gasteiger partial charge in [-0.05, 0) is 43.2 Å². The van der Waals surface area contributed by atoms with Crippen molar-refractivity contribution < 1.29 is 22.7 Å². The number of ether oxygens (including phenoxy) is 1. The summed E-state index contributed by atoms with van der Waals surface area (Å²) in [5, 5.41) is 2.61. The lowest BCUT2D eigenvalue weighted by Gasteiger charge is -2.19. The lowest BCUT2D eigenvalue weighted by Crippen LogP contribution is -2.38. The van der Waals surface area contributed by atoms with Crippen LogP contribution in [0.2, 0.25) is 0 Å². The normalized spacial score (nSPS) is 24.5. The van der Waals surface area contributed by atoms with E-state index in [1.165, 1.54) is 21.8 Å². The fourth-order valence-corrected chi connectivity index (χ4v) is 6.20. The van der Waals surface area contributed by atoms with Crippen LogP contribution in [0.5, 0.6) is 0 Å². The number of esters is 1. The van der Waals surface area contributed by atoms with E-state index in [1.807, 2.05) is 6.07 Å². The molecule has 1 saturated heterocycles. The summed E-state index contributed by atoms with van der Waals surface area (Å²) < 4.78 is 27.9. The number of sulfone groups is 1. The second-order valence-corrected chi connectivity index (χ2v) is 10.2. The molecule has 1 aromatic rings. The Bertz CT molecular complexity index is 768. The van der Waals surface area contributed by atoms with Gasteiger partial charge in [0.1, 0.15) is 4.88 Å². The molecule has 25 heavy (non-hydrogen) atoms. The standard InChI is InChI=1S/C17H23NO5S2/c1-2-11-3-4-14-12(7-11)8-15(24-14)17(20)23-9-16(19)18-13-5-6-25(21,22)10-13/h8,11,13H,2-7,9-10H2,1H3,(H,18,19)/t11-,13+/m0/s1. The van der Waals surface area contributed by atoms with Crippen LogP contribution in [0.3, 0.4) is 0 Å². The third kappa shape index (κ3) is 4.61. The van der Waals surface area contributed by atoms with E-state index in [-0.39, 0.29) is 24.2 Å². The van der Waals surface area contributed by atoms with Crippen molar-refractivity contribution in [3.05, 3.63) is 21.4 Å². The van der Waals surface area contributed by atoms with Gasteiger partial charge < -0.3 is 10.1 Å². The topological polar surface area (TPSA) is 89.5 Å². The number of rotatable bonds is 5. The first-order chi connectivity index (χ1) is 11.9. The minimum atomic E-state index is -3.04. The summed E-state index contributed by atoms with van der Waals surface area (Å²) in [5.74, 6) is -0.205. The summed E-state index contributed by atoms with van der Waals surface area (Å²) in [6.45, 7) is 1.81. The Morgan fingerprint density at radius 1 is 1.36 bits per heavy atom. The minimum absolute atomic E-state index is 0.0388. The summed E-state index contributed by atoms with van der Waals surface area (Å²) in [5.41, 5.74) is 1.23. The second kappa shape index (κ2) is 7.45. The predicted octanol–water partition coefficient (Wildman–Crippen LogP) is 1.72. The van der Waals surface area contributed by atoms with Crippen molar-refractivity contribution in [1.29, 1.82) is 0 Å². The van der Waals surface area contributed by atoms with E-state index >= 15 is 0 Å². The quantitative estimate of drug-likeness (QED) is 0.780. The number of aryl methyl sites for hydroxylation is 1. The van der Waals surface area contributed by atoms with Gasteiger partial charge >= 0.3 is 5.97 Å². The number of carbonyl (C=O) groups is 2. The maximum atomic E-state index is 12.2. The molecule has 2 heterocycles. The van der Waals surface area contributed by atoms with Crippen LogP contribution in [0, 0.1) is 5.92 Å². The molecule has 1 fully saturated rings. The van der Waals surface area contributed by atoms with E-state index in [9.17, 15) is 18.0 Å². The maximum Gasteiger partial charge on any atom is 0.348 e. The first-order valence-corrected chi connectivity index (χ1v) is 11.3. The van der Waals surface area contributed by atoms with Crippen LogP contribution in [-0.2, 0) is 32.2 Å². The van der Waals surface area contributed by atoms with E-state index in [2.05, 4.69) is 12.2 Å². The molecule has 6 nitrogen and oxygen atoms in total. The van der Waals surface area contributed by atoms with Gasteiger partial charge in [-0.2, -0.15) is 0 Å². The molecule has 0 unspecified atom stereocenters. The third-order valence-corrected chi connectivity index (χ3v) is 7.88. The fourth-order valence-electron chi connectivity index (χ4n) is 3.43. The highest BCUT2D eigenvalue weighted by Gasteiger charge is 2.29. The third-order valence-electron chi connectivity index (χ3n) is 4.90. The summed E-state index contributed by atoms with van der Waals surface area (Å²) in [7, 11) is -3.04. The van der Waals surface area contributed by atoms with Crippen LogP contribution in [-0.4, -0.2) is 44.4 Å². The van der Waals surface area contributed by atoms with E-state index < -0.39 is 21.7 Å². The maximum absolute atomic E-state index is 12.2. The van der Waals surface area contributed by atoms with E-state index in [0.29, 0.717) is 17.2 Å². The molecule has 1 aromatic heterocycles. The predicted molar refractivity (Wildman–Crippen MR) is 95.6 cm³/mol. The van der Waals surface area contributed by atoms with Gasteiger partial charge in [-0.25, -0.2) is 13.2 Å². The van der Waals surface area contributed by atoms with Gasteiger partial charge in [-0.15, -0.1) is 11.3 Å². The molecule has 3 rings (SSSR count). The van der Waals surface area contributed by atoms with Gasteiger partial charge in [-0.1, -0.05) is 13.3 Å². The minimum Gasteiger partial charge on any atom is -0.451 e. The van der Waals surface area contributed by atoms with E-state index in [4.69, 9.17) is 4.74 Å². The summed E-state index contributed by atoms with van der Waals surface area (Å²) in [4.78, 5) is 25.8. The molecule has 1 aliphatic heterocycles. The Morgan fingerprint density at radius 2 is 2.16 bits per heavy atom. The Kier molecular flexibility index (Phi) is 5.48. The van der Waals surface area contributed by atoms with E-state index in [0.717, 1.165) is 25.7 Å². The molecule has 138 valence electrons. The monoisotopic (exact) mass is 385 g/mol. The van der Waals surface area contributed by atoms with Gasteiger partial charge in [0.15, 0.2) is 16.4 Å². The number of carbonyl (C=O) groups excluding carboxylic acids is 2. The molecule has 0 saturated carbocycles. The van der Waals surface area contributed by atoms with E-state index in [1.54, 1.807) is 0 Å². The van der Waals surface area contributed by atoms with Gasteiger partial charge in [0.25, 0.3) is 5.91 Å². The van der Waals surface area contributed by atoms with Crippen molar-refractivity contribution in [2.75, 3.05) is 18.1 Å². The zero-order valence-corrected chi connectivity index (χ0v) is 15.9. The number of fused-ring (bicyclic) bond motifs is 1. The Hall–Kier alpha value is -1.41. The average molecular weight is 386 g/mol. The largest absolute Gasteiger partial charge is 0.451 e. The van der Waals surface area contributed by atoms with Crippen LogP contribution in [0.1, 0.15) is 46.3 Å². The Labute approximate surface area is 151 Å². The molecule has 0 aromatic carbocycles. The van der Waals surface area contributed by atoms with Crippen LogP contribution >= 0.6 is 11.3 Å². The van der Waals surface area contributed by atoms with Crippen LogP contribution in [0.4, 0.5) is 0 Å². The van der Waals surface area contributed by atoms with Crippen molar-refractivity contribution in [2.45, 2.75) is 45.1 Å². The molecule has 8 heteroatoms. The number of nitrogens with one attached hydrogen (secondary N) is 1. The van der Waals surface area contributed by atoms with Crippen LogP contribution < -0.4 is 5.32 Å². The molecule has 0 bridgehead atoms. The molecule has 2 atom stereocenters. The highest BCUT2D eigenvalue weighted by molar-refractivity contribution is 7.91. The Balaban J connectivity index is 1.50. The van der Waals surface area contributed by atoms with Crippen LogP contribution in [0.15, 0.2) is 6.07 Å². The zero-order valence-electron chi connectivity index (χ0n) is 14.2. The molecular formula is C17H23NO5S2. The highest BCUT2D eigenvalue weighted by Crippen LogP contribution is 2.33. The zero-order chi connectivity index (χ0) is 18.0. The second-order valence-electron chi connectivity index (χ2n) is 6.82. The SMILES string of the molecule is CC[C@H]1CCc2sc(C(=O)OCC(=O)N[C@@H]3CCS(=O)(=O)C3)cc2C1. The van der Waals surface area contributed by atoms with Gasteiger partial charge in [-0.3, -0.25) is 4.79 Å². The Morgan fingerprint density at radius 3 is 2.84 bits per heavy atom. The highest BCUT2D eigenvalue weighted by atomic mass is 32.2. The molecule has 1 amide bonds. The summed E-state index contributed by atoms with van der Waals surface area (Å²) in [6, 6.07) is 1.52. The van der Waals surface area contributed by atoms with Crippen molar-refractivity contribution in [2.24, 2.45) is 5.92 Å². The molecular weight excluding hydrogens is 362 g/mol. The van der Waals surface area contributed by atoms with Crippen LogP contribution in [0.25, 0.3) is 0 Å².